The minimum atomic E-state index is 0.342. The predicted molar refractivity (Wildman–Crippen MR) is 119 cm³/mol. The number of nitrogens with zero attached hydrogens (tertiary/aromatic N) is 2. The molecule has 0 amide bonds. The van der Waals surface area contributed by atoms with E-state index in [0.29, 0.717) is 35.3 Å². The van der Waals surface area contributed by atoms with Gasteiger partial charge in [-0.2, -0.15) is 0 Å². The highest BCUT2D eigenvalue weighted by Crippen LogP contribution is 2.38. The molecule has 0 fully saturated rings. The summed E-state index contributed by atoms with van der Waals surface area (Å²) in [7, 11) is 3.20. The van der Waals surface area contributed by atoms with Gasteiger partial charge in [0.1, 0.15) is 18.1 Å². The number of oxime groups is 1. The van der Waals surface area contributed by atoms with E-state index in [9.17, 15) is 0 Å². The van der Waals surface area contributed by atoms with Gasteiger partial charge in [0.25, 0.3) is 0 Å². The smallest absolute Gasteiger partial charge is 0.162 e. The highest BCUT2D eigenvalue weighted by molar-refractivity contribution is 6.01. The molecule has 3 aromatic rings. The number of fused-ring (bicyclic) bond motifs is 1. The third-order valence-corrected chi connectivity index (χ3v) is 4.81. The largest absolute Gasteiger partial charge is 0.493 e. The molecule has 0 atom stereocenters. The van der Waals surface area contributed by atoms with Crippen LogP contribution in [0.15, 0.2) is 54.3 Å². The van der Waals surface area contributed by atoms with Crippen LogP contribution in [0.3, 0.4) is 0 Å². The van der Waals surface area contributed by atoms with Gasteiger partial charge < -0.3 is 19.0 Å². The van der Waals surface area contributed by atoms with Gasteiger partial charge >= 0.3 is 0 Å². The van der Waals surface area contributed by atoms with Crippen molar-refractivity contribution in [3.63, 3.8) is 0 Å². The number of benzene rings is 2. The van der Waals surface area contributed by atoms with Gasteiger partial charge in [-0.25, -0.2) is 0 Å². The lowest BCUT2D eigenvalue weighted by molar-refractivity contribution is 0.175. The van der Waals surface area contributed by atoms with Crippen LogP contribution in [0.4, 0.5) is 0 Å². The van der Waals surface area contributed by atoms with Gasteiger partial charge in [0.2, 0.25) is 0 Å². The van der Waals surface area contributed by atoms with Gasteiger partial charge in [-0.3, -0.25) is 4.98 Å². The summed E-state index contributed by atoms with van der Waals surface area (Å²) in [5.41, 5.74) is 4.57. The van der Waals surface area contributed by atoms with Crippen molar-refractivity contribution >= 4 is 16.6 Å². The SMILES string of the molecule is C=CCO/N=C(\C)c1cc(C)c(C)cc1Oc1ccnc2cc(OC)c(OC)cc12. The zero-order chi connectivity index (χ0) is 21.7. The first-order valence-electron chi connectivity index (χ1n) is 9.56. The fourth-order valence-corrected chi connectivity index (χ4v) is 3.05. The van der Waals surface area contributed by atoms with Crippen LogP contribution in [-0.2, 0) is 4.84 Å². The lowest BCUT2D eigenvalue weighted by Crippen LogP contribution is -2.02. The Balaban J connectivity index is 2.10. The van der Waals surface area contributed by atoms with Crippen LogP contribution in [0.1, 0.15) is 23.6 Å². The van der Waals surface area contributed by atoms with Crippen LogP contribution in [0.2, 0.25) is 0 Å². The molecule has 2 aromatic carbocycles. The zero-order valence-electron chi connectivity index (χ0n) is 18.0. The van der Waals surface area contributed by atoms with E-state index in [2.05, 4.69) is 23.6 Å². The second kappa shape index (κ2) is 9.31. The number of rotatable bonds is 8. The van der Waals surface area contributed by atoms with E-state index in [0.717, 1.165) is 27.6 Å². The summed E-state index contributed by atoms with van der Waals surface area (Å²) in [5, 5.41) is 5.00. The monoisotopic (exact) mass is 406 g/mol. The van der Waals surface area contributed by atoms with Gasteiger partial charge in [0.05, 0.1) is 25.4 Å². The molecule has 3 rings (SSSR count). The highest BCUT2D eigenvalue weighted by Gasteiger charge is 2.15. The van der Waals surface area contributed by atoms with Gasteiger partial charge in [0.15, 0.2) is 11.5 Å². The Hall–Kier alpha value is -3.54. The number of pyridine rings is 1. The van der Waals surface area contributed by atoms with Crippen LogP contribution >= 0.6 is 0 Å². The maximum absolute atomic E-state index is 6.37. The fraction of sp³-hybridized carbons (Fsp3) is 0.250. The molecule has 1 aromatic heterocycles. The Morgan fingerprint density at radius 2 is 1.70 bits per heavy atom. The topological polar surface area (TPSA) is 62.2 Å². The van der Waals surface area contributed by atoms with Crippen molar-refractivity contribution in [2.45, 2.75) is 20.8 Å². The molecule has 1 heterocycles. The first-order valence-corrected chi connectivity index (χ1v) is 9.56. The number of aryl methyl sites for hydroxylation is 2. The van der Waals surface area contributed by atoms with Crippen molar-refractivity contribution in [1.29, 1.82) is 0 Å². The summed E-state index contributed by atoms with van der Waals surface area (Å²) in [4.78, 5) is 9.71. The Labute approximate surface area is 176 Å². The maximum atomic E-state index is 6.37. The fourth-order valence-electron chi connectivity index (χ4n) is 3.05. The van der Waals surface area contributed by atoms with E-state index in [1.165, 1.54) is 0 Å². The summed E-state index contributed by atoms with van der Waals surface area (Å²) in [6, 6.07) is 9.58. The Morgan fingerprint density at radius 3 is 2.40 bits per heavy atom. The number of hydrogen-bond donors (Lipinski definition) is 0. The molecule has 6 nitrogen and oxygen atoms in total. The van der Waals surface area contributed by atoms with E-state index in [4.69, 9.17) is 19.0 Å². The molecule has 0 radical (unpaired) electrons. The average Bonchev–Trinajstić information content (AvgIpc) is 2.75. The molecule has 156 valence electrons. The second-order valence-electron chi connectivity index (χ2n) is 6.83. The molecule has 0 N–H and O–H groups in total. The molecule has 0 unspecified atom stereocenters. The third kappa shape index (κ3) is 4.38. The molecule has 0 spiro atoms. The molecule has 6 heteroatoms. The number of methoxy groups -OCH3 is 2. The summed E-state index contributed by atoms with van der Waals surface area (Å²) < 4.78 is 17.2. The molecule has 0 aliphatic rings. The van der Waals surface area contributed by atoms with Crippen LogP contribution in [0.5, 0.6) is 23.0 Å². The highest BCUT2D eigenvalue weighted by atomic mass is 16.6. The van der Waals surface area contributed by atoms with Crippen molar-refractivity contribution in [2.75, 3.05) is 20.8 Å². The second-order valence-corrected chi connectivity index (χ2v) is 6.83. The van der Waals surface area contributed by atoms with E-state index in [1.54, 1.807) is 26.5 Å². The number of aromatic nitrogens is 1. The Kier molecular flexibility index (Phi) is 6.57. The quantitative estimate of drug-likeness (QED) is 0.211. The van der Waals surface area contributed by atoms with Crippen LogP contribution in [0.25, 0.3) is 10.9 Å². The summed E-state index contributed by atoms with van der Waals surface area (Å²) in [6.45, 7) is 9.97. The zero-order valence-corrected chi connectivity index (χ0v) is 18.0. The number of hydrogen-bond acceptors (Lipinski definition) is 6. The van der Waals surface area contributed by atoms with Crippen molar-refractivity contribution in [1.82, 2.24) is 4.98 Å². The Morgan fingerprint density at radius 1 is 1.00 bits per heavy atom. The molecular formula is C24H26N2O4. The summed E-state index contributed by atoms with van der Waals surface area (Å²) >= 11 is 0. The van der Waals surface area contributed by atoms with Gasteiger partial charge in [-0.15, -0.1) is 0 Å². The van der Waals surface area contributed by atoms with E-state index in [-0.39, 0.29) is 0 Å². The lowest BCUT2D eigenvalue weighted by atomic mass is 10.0. The molecule has 30 heavy (non-hydrogen) atoms. The van der Waals surface area contributed by atoms with Crippen molar-refractivity contribution < 1.29 is 19.0 Å². The normalized spacial score (nSPS) is 11.3. The third-order valence-electron chi connectivity index (χ3n) is 4.81. The lowest BCUT2D eigenvalue weighted by Gasteiger charge is -2.16. The molecule has 0 bridgehead atoms. The van der Waals surface area contributed by atoms with Crippen LogP contribution in [-0.4, -0.2) is 31.5 Å². The summed E-state index contributed by atoms with van der Waals surface area (Å²) in [6.07, 6.45) is 3.36. The molecule has 0 saturated heterocycles. The van der Waals surface area contributed by atoms with E-state index < -0.39 is 0 Å². The molecule has 0 saturated carbocycles. The first-order chi connectivity index (χ1) is 14.5. The van der Waals surface area contributed by atoms with Crippen LogP contribution in [0, 0.1) is 13.8 Å². The molecule has 0 aliphatic heterocycles. The van der Waals surface area contributed by atoms with Crippen molar-refractivity contribution in [3.05, 3.63) is 65.9 Å². The molecule has 0 aliphatic carbocycles. The van der Waals surface area contributed by atoms with E-state index in [1.807, 2.05) is 44.2 Å². The Bertz CT molecular complexity index is 1110. The van der Waals surface area contributed by atoms with Gasteiger partial charge in [-0.05, 0) is 56.2 Å². The van der Waals surface area contributed by atoms with Gasteiger partial charge in [0, 0.05) is 23.2 Å². The summed E-state index contributed by atoms with van der Waals surface area (Å²) in [5.74, 6) is 2.57. The van der Waals surface area contributed by atoms with Gasteiger partial charge in [-0.1, -0.05) is 17.8 Å². The first kappa shape index (κ1) is 21.2. The van der Waals surface area contributed by atoms with Crippen molar-refractivity contribution in [2.24, 2.45) is 5.16 Å². The average molecular weight is 406 g/mol. The minimum absolute atomic E-state index is 0.342. The predicted octanol–water partition coefficient (Wildman–Crippen LogP) is 5.59. The standard InChI is InChI=1S/C24H26N2O4/c1-7-10-29-26-17(4)18-11-15(2)16(3)12-22(18)30-21-8-9-25-20-14-24(28-6)23(27-5)13-19(20)21/h7-9,11-14H,1,10H2,2-6H3/b26-17+. The van der Waals surface area contributed by atoms with Crippen LogP contribution < -0.4 is 14.2 Å². The molecular weight excluding hydrogens is 380 g/mol. The van der Waals surface area contributed by atoms with E-state index >= 15 is 0 Å². The van der Waals surface area contributed by atoms with Crippen molar-refractivity contribution in [3.8, 4) is 23.0 Å². The number of ether oxygens (including phenoxy) is 3. The maximum Gasteiger partial charge on any atom is 0.162 e. The minimum Gasteiger partial charge on any atom is -0.493 e.